The average molecular weight is 368 g/mol. The molecule has 2 heterocycles. The number of nitrogens with one attached hydrogen (secondary N) is 1. The number of anilines is 3. The van der Waals surface area contributed by atoms with Crippen molar-refractivity contribution in [3.63, 3.8) is 0 Å². The molecule has 1 aromatic carbocycles. The number of carboxylic acids is 1. The molecule has 0 amide bonds. The molecule has 2 aromatic rings. The van der Waals surface area contributed by atoms with Gasteiger partial charge in [0.2, 0.25) is 0 Å². The molecule has 0 bridgehead atoms. The van der Waals surface area contributed by atoms with Gasteiger partial charge in [-0.3, -0.25) is 4.79 Å². The van der Waals surface area contributed by atoms with Gasteiger partial charge in [0.1, 0.15) is 17.5 Å². The summed E-state index contributed by atoms with van der Waals surface area (Å²) in [6.45, 7) is 9.87. The van der Waals surface area contributed by atoms with Gasteiger partial charge in [-0.05, 0) is 42.9 Å². The molecule has 1 aliphatic rings. The third-order valence-electron chi connectivity index (χ3n) is 5.02. The fourth-order valence-electron chi connectivity index (χ4n) is 3.33. The molecule has 0 saturated carbocycles. The zero-order valence-electron chi connectivity index (χ0n) is 16.5. The van der Waals surface area contributed by atoms with Crippen molar-refractivity contribution in [2.24, 2.45) is 5.92 Å². The molecule has 1 aliphatic heterocycles. The van der Waals surface area contributed by atoms with Gasteiger partial charge in [0.15, 0.2) is 0 Å². The van der Waals surface area contributed by atoms with Crippen LogP contribution in [0.5, 0.6) is 0 Å². The standard InChI is InChI=1S/C21H28N4O2/c1-14-22-18(24-17-7-5-16(6-8-17)21(2,3)4)13-19(23-14)25-11-9-15(10-12-25)20(26)27/h5-8,13,15H,9-12H2,1-4H3,(H,26,27)(H,22,23,24). The van der Waals surface area contributed by atoms with E-state index in [0.717, 1.165) is 17.3 Å². The normalized spacial score (nSPS) is 15.6. The second-order valence-corrected chi connectivity index (χ2v) is 8.21. The predicted molar refractivity (Wildman–Crippen MR) is 108 cm³/mol. The van der Waals surface area contributed by atoms with Gasteiger partial charge >= 0.3 is 5.97 Å². The highest BCUT2D eigenvalue weighted by Gasteiger charge is 2.25. The minimum Gasteiger partial charge on any atom is -0.481 e. The van der Waals surface area contributed by atoms with E-state index < -0.39 is 5.97 Å². The largest absolute Gasteiger partial charge is 0.481 e. The van der Waals surface area contributed by atoms with Crippen molar-refractivity contribution in [1.29, 1.82) is 0 Å². The Labute approximate surface area is 160 Å². The Morgan fingerprint density at radius 2 is 1.78 bits per heavy atom. The zero-order valence-corrected chi connectivity index (χ0v) is 16.5. The number of carboxylic acid groups (broad SMARTS) is 1. The Morgan fingerprint density at radius 1 is 1.15 bits per heavy atom. The molecule has 27 heavy (non-hydrogen) atoms. The number of benzene rings is 1. The van der Waals surface area contributed by atoms with E-state index >= 15 is 0 Å². The van der Waals surface area contributed by atoms with Crippen molar-refractivity contribution in [2.45, 2.75) is 46.0 Å². The van der Waals surface area contributed by atoms with E-state index in [4.69, 9.17) is 5.11 Å². The van der Waals surface area contributed by atoms with Gasteiger partial charge in [0, 0.05) is 24.8 Å². The maximum Gasteiger partial charge on any atom is 0.306 e. The van der Waals surface area contributed by atoms with Crippen molar-refractivity contribution < 1.29 is 9.90 Å². The summed E-state index contributed by atoms with van der Waals surface area (Å²) in [6, 6.07) is 10.3. The highest BCUT2D eigenvalue weighted by atomic mass is 16.4. The zero-order chi connectivity index (χ0) is 19.6. The van der Waals surface area contributed by atoms with Crippen LogP contribution in [0.4, 0.5) is 17.3 Å². The Kier molecular flexibility index (Phi) is 5.35. The van der Waals surface area contributed by atoms with Crippen molar-refractivity contribution in [3.8, 4) is 0 Å². The molecule has 0 spiro atoms. The third-order valence-corrected chi connectivity index (χ3v) is 5.02. The molecule has 6 nitrogen and oxygen atoms in total. The number of hydrogen-bond donors (Lipinski definition) is 2. The maximum atomic E-state index is 11.1. The number of aliphatic carboxylic acids is 1. The van der Waals surface area contributed by atoms with Gasteiger partial charge in [0.25, 0.3) is 0 Å². The van der Waals surface area contributed by atoms with Crippen LogP contribution >= 0.6 is 0 Å². The van der Waals surface area contributed by atoms with E-state index in [0.29, 0.717) is 31.8 Å². The van der Waals surface area contributed by atoms with Crippen LogP contribution in [0.15, 0.2) is 30.3 Å². The van der Waals surface area contributed by atoms with Crippen LogP contribution in [0.25, 0.3) is 0 Å². The van der Waals surface area contributed by atoms with Crippen LogP contribution in [0.2, 0.25) is 0 Å². The van der Waals surface area contributed by atoms with Crippen LogP contribution in [0.3, 0.4) is 0 Å². The number of carbonyl (C=O) groups is 1. The van der Waals surface area contributed by atoms with Gasteiger partial charge in [-0.1, -0.05) is 32.9 Å². The van der Waals surface area contributed by atoms with Gasteiger partial charge in [-0.2, -0.15) is 0 Å². The number of aryl methyl sites for hydroxylation is 1. The summed E-state index contributed by atoms with van der Waals surface area (Å²) in [5, 5.41) is 12.5. The lowest BCUT2D eigenvalue weighted by Gasteiger charge is -2.31. The highest BCUT2D eigenvalue weighted by Crippen LogP contribution is 2.27. The maximum absolute atomic E-state index is 11.1. The fraction of sp³-hybridized carbons (Fsp3) is 0.476. The number of hydrogen-bond acceptors (Lipinski definition) is 5. The second kappa shape index (κ2) is 7.55. The molecule has 0 unspecified atom stereocenters. The lowest BCUT2D eigenvalue weighted by Crippen LogP contribution is -2.36. The summed E-state index contributed by atoms with van der Waals surface area (Å²) in [5.74, 6) is 1.35. The summed E-state index contributed by atoms with van der Waals surface area (Å²) >= 11 is 0. The summed E-state index contributed by atoms with van der Waals surface area (Å²) < 4.78 is 0. The molecule has 6 heteroatoms. The molecular weight excluding hydrogens is 340 g/mol. The monoisotopic (exact) mass is 368 g/mol. The van der Waals surface area contributed by atoms with E-state index in [2.05, 4.69) is 65.2 Å². The Morgan fingerprint density at radius 3 is 2.33 bits per heavy atom. The summed E-state index contributed by atoms with van der Waals surface area (Å²) in [4.78, 5) is 22.3. The topological polar surface area (TPSA) is 78.4 Å². The number of nitrogens with zero attached hydrogens (tertiary/aromatic N) is 3. The van der Waals surface area contributed by atoms with Crippen LogP contribution in [-0.2, 0) is 10.2 Å². The van der Waals surface area contributed by atoms with Crippen LogP contribution < -0.4 is 10.2 Å². The fourth-order valence-corrected chi connectivity index (χ4v) is 3.33. The van der Waals surface area contributed by atoms with Crippen molar-refractivity contribution in [2.75, 3.05) is 23.3 Å². The summed E-state index contributed by atoms with van der Waals surface area (Å²) in [6.07, 6.45) is 1.30. The smallest absolute Gasteiger partial charge is 0.306 e. The Hall–Kier alpha value is -2.63. The van der Waals surface area contributed by atoms with Crippen molar-refractivity contribution in [1.82, 2.24) is 9.97 Å². The van der Waals surface area contributed by atoms with Crippen molar-refractivity contribution >= 4 is 23.3 Å². The number of piperidine rings is 1. The molecule has 1 saturated heterocycles. The SMILES string of the molecule is Cc1nc(Nc2ccc(C(C)(C)C)cc2)cc(N2CCC(C(=O)O)CC2)n1. The summed E-state index contributed by atoms with van der Waals surface area (Å²) in [7, 11) is 0. The molecule has 0 atom stereocenters. The highest BCUT2D eigenvalue weighted by molar-refractivity contribution is 5.70. The molecule has 2 N–H and O–H groups in total. The molecular formula is C21H28N4O2. The van der Waals surface area contributed by atoms with Gasteiger partial charge in [-0.25, -0.2) is 9.97 Å². The van der Waals surface area contributed by atoms with E-state index in [1.807, 2.05) is 13.0 Å². The van der Waals surface area contributed by atoms with Crippen molar-refractivity contribution in [3.05, 3.63) is 41.7 Å². The lowest BCUT2D eigenvalue weighted by atomic mass is 9.87. The first-order chi connectivity index (χ1) is 12.7. The Balaban J connectivity index is 1.73. The number of rotatable bonds is 4. The second-order valence-electron chi connectivity index (χ2n) is 8.21. The van der Waals surface area contributed by atoms with E-state index in [1.54, 1.807) is 0 Å². The average Bonchev–Trinajstić information content (AvgIpc) is 2.61. The van der Waals surface area contributed by atoms with Gasteiger partial charge in [-0.15, -0.1) is 0 Å². The van der Waals surface area contributed by atoms with Crippen LogP contribution in [0.1, 0.15) is 45.0 Å². The van der Waals surface area contributed by atoms with Crippen LogP contribution in [0, 0.1) is 12.8 Å². The first kappa shape index (κ1) is 19.1. The Bertz CT molecular complexity index is 804. The molecule has 1 aromatic heterocycles. The summed E-state index contributed by atoms with van der Waals surface area (Å²) in [5.41, 5.74) is 2.39. The predicted octanol–water partition coefficient (Wildman–Crippen LogP) is 4.13. The van der Waals surface area contributed by atoms with E-state index in [9.17, 15) is 4.79 Å². The van der Waals surface area contributed by atoms with Gasteiger partial charge in [0.05, 0.1) is 5.92 Å². The quantitative estimate of drug-likeness (QED) is 0.845. The van der Waals surface area contributed by atoms with E-state index in [1.165, 1.54) is 5.56 Å². The molecule has 144 valence electrons. The first-order valence-corrected chi connectivity index (χ1v) is 9.43. The molecule has 0 radical (unpaired) electrons. The van der Waals surface area contributed by atoms with E-state index in [-0.39, 0.29) is 11.3 Å². The van der Waals surface area contributed by atoms with Gasteiger partial charge < -0.3 is 15.3 Å². The van der Waals surface area contributed by atoms with Crippen LogP contribution in [-0.4, -0.2) is 34.1 Å². The third kappa shape index (κ3) is 4.76. The number of aromatic nitrogens is 2. The first-order valence-electron chi connectivity index (χ1n) is 9.43. The molecule has 1 fully saturated rings. The minimum absolute atomic E-state index is 0.124. The molecule has 0 aliphatic carbocycles. The minimum atomic E-state index is -0.699. The lowest BCUT2D eigenvalue weighted by molar-refractivity contribution is -0.142. The molecule has 3 rings (SSSR count).